The molecule has 1 heterocycles. The first-order chi connectivity index (χ1) is 10.2. The van der Waals surface area contributed by atoms with Crippen LogP contribution in [-0.2, 0) is 13.1 Å². The van der Waals surface area contributed by atoms with E-state index in [1.165, 1.54) is 0 Å². The summed E-state index contributed by atoms with van der Waals surface area (Å²) in [5.74, 6) is 0.855. The minimum Gasteiger partial charge on any atom is -0.496 e. The van der Waals surface area contributed by atoms with E-state index in [1.54, 1.807) is 13.3 Å². The maximum Gasteiger partial charge on any atom is 0.129 e. The molecule has 1 aromatic carbocycles. The van der Waals surface area contributed by atoms with Gasteiger partial charge in [-0.2, -0.15) is 0 Å². The molecule has 1 aromatic heterocycles. The molecule has 0 saturated carbocycles. The van der Waals surface area contributed by atoms with E-state index < -0.39 is 0 Å². The predicted octanol–water partition coefficient (Wildman–Crippen LogP) is 2.74. The highest BCUT2D eigenvalue weighted by molar-refractivity contribution is 6.29. The smallest absolute Gasteiger partial charge is 0.129 e. The number of nitrogens with zero attached hydrogens (tertiary/aromatic N) is 2. The quantitative estimate of drug-likeness (QED) is 0.799. The first-order valence-corrected chi connectivity index (χ1v) is 7.16. The Morgan fingerprint density at radius 3 is 2.76 bits per heavy atom. The molecule has 112 valence electrons. The van der Waals surface area contributed by atoms with Gasteiger partial charge < -0.3 is 9.84 Å². The number of methoxy groups -OCH3 is 1. The summed E-state index contributed by atoms with van der Waals surface area (Å²) in [6.45, 7) is 2.08. The number of rotatable bonds is 7. The van der Waals surface area contributed by atoms with Crippen LogP contribution < -0.4 is 4.74 Å². The van der Waals surface area contributed by atoms with Crippen molar-refractivity contribution in [3.63, 3.8) is 0 Å². The zero-order chi connectivity index (χ0) is 15.1. The summed E-state index contributed by atoms with van der Waals surface area (Å²) in [6, 6.07) is 11.7. The molecule has 0 aliphatic rings. The van der Waals surface area contributed by atoms with E-state index in [0.29, 0.717) is 24.8 Å². The molecule has 1 N–H and O–H groups in total. The lowest BCUT2D eigenvalue weighted by molar-refractivity contribution is 0.183. The summed E-state index contributed by atoms with van der Waals surface area (Å²) in [4.78, 5) is 6.12. The third kappa shape index (κ3) is 4.70. The average molecular weight is 307 g/mol. The predicted molar refractivity (Wildman–Crippen MR) is 83.4 cm³/mol. The molecule has 0 atom stereocenters. The van der Waals surface area contributed by atoms with Gasteiger partial charge in [0.05, 0.1) is 13.7 Å². The number of ether oxygens (including phenoxy) is 1. The monoisotopic (exact) mass is 306 g/mol. The first kappa shape index (κ1) is 15.8. The molecule has 0 amide bonds. The Morgan fingerprint density at radius 1 is 1.24 bits per heavy atom. The van der Waals surface area contributed by atoms with E-state index in [4.69, 9.17) is 16.3 Å². The fourth-order valence-corrected chi connectivity index (χ4v) is 2.43. The molecular formula is C16H19ClN2O2. The standard InChI is InChI=1S/C16H19ClN2O2/c1-21-15-5-3-2-4-14(15)12-19(8-9-20)11-13-6-7-18-16(17)10-13/h2-7,10,20H,8-9,11-12H2,1H3. The average Bonchev–Trinajstić information content (AvgIpc) is 2.48. The van der Waals surface area contributed by atoms with Crippen LogP contribution in [0.3, 0.4) is 0 Å². The number of aliphatic hydroxyl groups is 1. The van der Waals surface area contributed by atoms with Crippen molar-refractivity contribution in [2.45, 2.75) is 13.1 Å². The number of para-hydroxylation sites is 1. The second-order valence-corrected chi connectivity index (χ2v) is 5.12. The molecule has 0 aliphatic carbocycles. The van der Waals surface area contributed by atoms with E-state index in [9.17, 15) is 5.11 Å². The van der Waals surface area contributed by atoms with Crippen LogP contribution in [0.5, 0.6) is 5.75 Å². The third-order valence-electron chi connectivity index (χ3n) is 3.20. The zero-order valence-electron chi connectivity index (χ0n) is 12.0. The molecule has 0 spiro atoms. The van der Waals surface area contributed by atoms with Crippen LogP contribution in [0.25, 0.3) is 0 Å². The van der Waals surface area contributed by atoms with Crippen molar-refractivity contribution in [2.75, 3.05) is 20.3 Å². The van der Waals surface area contributed by atoms with Gasteiger partial charge in [0.25, 0.3) is 0 Å². The summed E-state index contributed by atoms with van der Waals surface area (Å²) in [5.41, 5.74) is 2.16. The highest BCUT2D eigenvalue weighted by Gasteiger charge is 2.10. The van der Waals surface area contributed by atoms with Crippen LogP contribution in [0, 0.1) is 0 Å². The van der Waals surface area contributed by atoms with E-state index in [-0.39, 0.29) is 6.61 Å². The van der Waals surface area contributed by atoms with Crippen molar-refractivity contribution in [3.05, 3.63) is 58.9 Å². The third-order valence-corrected chi connectivity index (χ3v) is 3.41. The van der Waals surface area contributed by atoms with Crippen molar-refractivity contribution in [3.8, 4) is 5.75 Å². The van der Waals surface area contributed by atoms with Crippen LogP contribution in [-0.4, -0.2) is 35.3 Å². The SMILES string of the molecule is COc1ccccc1CN(CCO)Cc1ccnc(Cl)c1. The number of pyridine rings is 1. The molecule has 21 heavy (non-hydrogen) atoms. The van der Waals surface area contributed by atoms with E-state index >= 15 is 0 Å². The Balaban J connectivity index is 2.11. The minimum atomic E-state index is 0.105. The molecule has 4 nitrogen and oxygen atoms in total. The summed E-state index contributed by atoms with van der Waals surface area (Å²) in [5, 5.41) is 9.74. The van der Waals surface area contributed by atoms with Gasteiger partial charge >= 0.3 is 0 Å². The summed E-state index contributed by atoms with van der Waals surface area (Å²) >= 11 is 5.91. The summed E-state index contributed by atoms with van der Waals surface area (Å²) in [7, 11) is 1.66. The van der Waals surface area contributed by atoms with Gasteiger partial charge in [0, 0.05) is 31.4 Å². The topological polar surface area (TPSA) is 45.6 Å². The molecule has 5 heteroatoms. The van der Waals surface area contributed by atoms with Crippen LogP contribution in [0.2, 0.25) is 5.15 Å². The Bertz CT molecular complexity index is 578. The van der Waals surface area contributed by atoms with Crippen LogP contribution in [0.15, 0.2) is 42.6 Å². The molecule has 0 saturated heterocycles. The molecule has 0 unspecified atom stereocenters. The number of aromatic nitrogens is 1. The highest BCUT2D eigenvalue weighted by Crippen LogP contribution is 2.20. The number of hydrogen-bond acceptors (Lipinski definition) is 4. The molecule has 0 bridgehead atoms. The Labute approximate surface area is 130 Å². The molecule has 0 radical (unpaired) electrons. The lowest BCUT2D eigenvalue weighted by Crippen LogP contribution is -2.26. The molecule has 0 fully saturated rings. The Hall–Kier alpha value is -1.62. The number of hydrogen-bond donors (Lipinski definition) is 1. The van der Waals surface area contributed by atoms with Gasteiger partial charge in [0.1, 0.15) is 10.9 Å². The number of halogens is 1. The lowest BCUT2D eigenvalue weighted by atomic mass is 10.1. The van der Waals surface area contributed by atoms with Gasteiger partial charge in [-0.15, -0.1) is 0 Å². The van der Waals surface area contributed by atoms with Gasteiger partial charge in [-0.1, -0.05) is 29.8 Å². The molecule has 2 aromatic rings. The Morgan fingerprint density at radius 2 is 2.05 bits per heavy atom. The van der Waals surface area contributed by atoms with Gasteiger partial charge in [-0.25, -0.2) is 4.98 Å². The van der Waals surface area contributed by atoms with Gasteiger partial charge in [-0.05, 0) is 23.8 Å². The first-order valence-electron chi connectivity index (χ1n) is 6.78. The molecular weight excluding hydrogens is 288 g/mol. The fraction of sp³-hybridized carbons (Fsp3) is 0.312. The van der Waals surface area contributed by atoms with Crippen molar-refractivity contribution in [1.82, 2.24) is 9.88 Å². The Kier molecular flexibility index (Phi) is 5.99. The van der Waals surface area contributed by atoms with E-state index in [1.807, 2.05) is 36.4 Å². The zero-order valence-corrected chi connectivity index (χ0v) is 12.8. The summed E-state index contributed by atoms with van der Waals surface area (Å²) in [6.07, 6.45) is 1.69. The highest BCUT2D eigenvalue weighted by atomic mass is 35.5. The lowest BCUT2D eigenvalue weighted by Gasteiger charge is -2.22. The normalized spacial score (nSPS) is 10.9. The van der Waals surface area contributed by atoms with Crippen molar-refractivity contribution >= 4 is 11.6 Å². The fourth-order valence-electron chi connectivity index (χ4n) is 2.23. The maximum absolute atomic E-state index is 9.26. The van der Waals surface area contributed by atoms with Crippen LogP contribution in [0.4, 0.5) is 0 Å². The number of benzene rings is 1. The van der Waals surface area contributed by atoms with Crippen molar-refractivity contribution in [2.24, 2.45) is 0 Å². The number of aliphatic hydroxyl groups excluding tert-OH is 1. The van der Waals surface area contributed by atoms with Gasteiger partial charge in [0.2, 0.25) is 0 Å². The van der Waals surface area contributed by atoms with E-state index in [2.05, 4.69) is 9.88 Å². The minimum absolute atomic E-state index is 0.105. The second-order valence-electron chi connectivity index (χ2n) is 4.73. The van der Waals surface area contributed by atoms with Crippen molar-refractivity contribution in [1.29, 1.82) is 0 Å². The molecule has 2 rings (SSSR count). The summed E-state index contributed by atoms with van der Waals surface area (Å²) < 4.78 is 5.37. The van der Waals surface area contributed by atoms with Crippen LogP contribution in [0.1, 0.15) is 11.1 Å². The largest absolute Gasteiger partial charge is 0.496 e. The maximum atomic E-state index is 9.26. The van der Waals surface area contributed by atoms with Gasteiger partial charge in [0.15, 0.2) is 0 Å². The second kappa shape index (κ2) is 7.98. The van der Waals surface area contributed by atoms with E-state index in [0.717, 1.165) is 16.9 Å². The van der Waals surface area contributed by atoms with Gasteiger partial charge in [-0.3, -0.25) is 4.90 Å². The van der Waals surface area contributed by atoms with Crippen molar-refractivity contribution < 1.29 is 9.84 Å². The molecule has 0 aliphatic heterocycles. The van der Waals surface area contributed by atoms with Crippen LogP contribution >= 0.6 is 11.6 Å².